The van der Waals surface area contributed by atoms with E-state index in [2.05, 4.69) is 0 Å². The van der Waals surface area contributed by atoms with E-state index < -0.39 is 27.9 Å². The molecule has 0 unspecified atom stereocenters. The van der Waals surface area contributed by atoms with Crippen molar-refractivity contribution in [1.29, 1.82) is 0 Å². The van der Waals surface area contributed by atoms with Crippen LogP contribution in [0.25, 0.3) is 0 Å². The first-order chi connectivity index (χ1) is 12.2. The monoisotopic (exact) mass is 398 g/mol. The van der Waals surface area contributed by atoms with Gasteiger partial charge in [0.1, 0.15) is 6.04 Å². The van der Waals surface area contributed by atoms with Gasteiger partial charge in [-0.2, -0.15) is 0 Å². The maximum absolute atomic E-state index is 12.6. The number of sulfonamides is 1. The molecule has 142 valence electrons. The molecule has 0 saturated carbocycles. The third-order valence-electron chi connectivity index (χ3n) is 4.02. The lowest BCUT2D eigenvalue weighted by Gasteiger charge is -2.26. The molecule has 0 aromatic heterocycles. The summed E-state index contributed by atoms with van der Waals surface area (Å²) in [5.74, 6) is -1.09. The number of hydrogen-bond acceptors (Lipinski definition) is 6. The number of nitrogens with one attached hydrogen (secondary N) is 1. The zero-order valence-corrected chi connectivity index (χ0v) is 16.3. The molecular formula is C17H22N2O5S2. The SMILES string of the molecule is C[C@H](CSC(=O)c1ccccc1)C(=O)N1CCC[C@H]1C(=O)NS(C)(=O)=O. The van der Waals surface area contributed by atoms with Crippen LogP contribution in [0.1, 0.15) is 30.1 Å². The minimum Gasteiger partial charge on any atom is -0.330 e. The topological polar surface area (TPSA) is 101 Å². The first kappa shape index (κ1) is 20.4. The summed E-state index contributed by atoms with van der Waals surface area (Å²) in [7, 11) is -3.67. The van der Waals surface area contributed by atoms with E-state index in [1.165, 1.54) is 4.90 Å². The van der Waals surface area contributed by atoms with Gasteiger partial charge in [-0.1, -0.05) is 49.0 Å². The molecule has 1 aliphatic heterocycles. The van der Waals surface area contributed by atoms with Gasteiger partial charge in [-0.05, 0) is 12.8 Å². The minimum absolute atomic E-state index is 0.113. The zero-order chi connectivity index (χ0) is 19.3. The highest BCUT2D eigenvalue weighted by molar-refractivity contribution is 8.14. The van der Waals surface area contributed by atoms with Crippen LogP contribution in [0.3, 0.4) is 0 Å². The fourth-order valence-electron chi connectivity index (χ4n) is 2.77. The average Bonchev–Trinajstić information content (AvgIpc) is 3.07. The van der Waals surface area contributed by atoms with Gasteiger partial charge in [-0.15, -0.1) is 0 Å². The molecule has 1 saturated heterocycles. The first-order valence-electron chi connectivity index (χ1n) is 8.23. The molecule has 0 spiro atoms. The Morgan fingerprint density at radius 1 is 1.27 bits per heavy atom. The molecular weight excluding hydrogens is 376 g/mol. The van der Waals surface area contributed by atoms with E-state index in [-0.39, 0.29) is 11.0 Å². The highest BCUT2D eigenvalue weighted by atomic mass is 32.2. The second-order valence-electron chi connectivity index (χ2n) is 6.29. The molecule has 2 rings (SSSR count). The normalized spacial score (nSPS) is 18.4. The highest BCUT2D eigenvalue weighted by Crippen LogP contribution is 2.23. The second kappa shape index (κ2) is 8.68. The maximum atomic E-state index is 12.6. The summed E-state index contributed by atoms with van der Waals surface area (Å²) >= 11 is 1.06. The molecule has 7 nitrogen and oxygen atoms in total. The zero-order valence-electron chi connectivity index (χ0n) is 14.7. The van der Waals surface area contributed by atoms with E-state index in [1.807, 2.05) is 10.8 Å². The van der Waals surface area contributed by atoms with Gasteiger partial charge in [-0.25, -0.2) is 8.42 Å². The van der Waals surface area contributed by atoms with E-state index in [9.17, 15) is 22.8 Å². The first-order valence-corrected chi connectivity index (χ1v) is 11.1. The number of amides is 2. The third kappa shape index (κ3) is 5.57. The van der Waals surface area contributed by atoms with Crippen molar-refractivity contribution in [3.63, 3.8) is 0 Å². The van der Waals surface area contributed by atoms with Crippen LogP contribution in [0, 0.1) is 5.92 Å². The summed E-state index contributed by atoms with van der Waals surface area (Å²) < 4.78 is 24.4. The quantitative estimate of drug-likeness (QED) is 0.774. The van der Waals surface area contributed by atoms with E-state index >= 15 is 0 Å². The van der Waals surface area contributed by atoms with Gasteiger partial charge in [0.05, 0.1) is 6.26 Å². The van der Waals surface area contributed by atoms with Gasteiger partial charge in [0, 0.05) is 23.8 Å². The molecule has 2 atom stereocenters. The Labute approximate surface area is 157 Å². The van der Waals surface area contributed by atoms with E-state index in [4.69, 9.17) is 0 Å². The number of thioether (sulfide) groups is 1. The van der Waals surface area contributed by atoms with Gasteiger partial charge in [0.15, 0.2) is 0 Å². The van der Waals surface area contributed by atoms with E-state index in [0.29, 0.717) is 30.7 Å². The summed E-state index contributed by atoms with van der Waals surface area (Å²) in [6, 6.07) is 8.02. The molecule has 0 bridgehead atoms. The molecule has 1 aromatic carbocycles. The average molecular weight is 399 g/mol. The Bertz CT molecular complexity index is 780. The predicted octanol–water partition coefficient (Wildman–Crippen LogP) is 1.26. The number of nitrogens with zero attached hydrogens (tertiary/aromatic N) is 1. The third-order valence-corrected chi connectivity index (χ3v) is 5.76. The van der Waals surface area contributed by atoms with Crippen molar-refractivity contribution in [2.24, 2.45) is 5.92 Å². The number of carbonyl (C=O) groups is 3. The standard InChI is InChI=1S/C17H22N2O5S2/c1-12(11-25-17(22)13-7-4-3-5-8-13)16(21)19-10-6-9-14(19)15(20)18-26(2,23)24/h3-5,7-8,12,14H,6,9-11H2,1-2H3,(H,18,20)/t12-,14+/m1/s1. The van der Waals surface area contributed by atoms with Crippen molar-refractivity contribution in [3.05, 3.63) is 35.9 Å². The molecule has 1 aromatic rings. The van der Waals surface area contributed by atoms with E-state index in [0.717, 1.165) is 18.0 Å². The molecule has 9 heteroatoms. The van der Waals surface area contributed by atoms with E-state index in [1.54, 1.807) is 31.2 Å². The number of carbonyl (C=O) groups excluding carboxylic acids is 3. The van der Waals surface area contributed by atoms with Gasteiger partial charge in [0.2, 0.25) is 21.0 Å². The lowest BCUT2D eigenvalue weighted by molar-refractivity contribution is -0.140. The smallest absolute Gasteiger partial charge is 0.256 e. The molecule has 0 aliphatic carbocycles. The fourth-order valence-corrected chi connectivity index (χ4v) is 4.11. The van der Waals surface area contributed by atoms with Crippen LogP contribution in [0.2, 0.25) is 0 Å². The van der Waals surface area contributed by atoms with Crippen LogP contribution in [-0.4, -0.2) is 54.8 Å². The molecule has 1 aliphatic rings. The molecule has 1 N–H and O–H groups in total. The summed E-state index contributed by atoms with van der Waals surface area (Å²) in [5.41, 5.74) is 0.573. The van der Waals surface area contributed by atoms with Crippen molar-refractivity contribution in [1.82, 2.24) is 9.62 Å². The fraction of sp³-hybridized carbons (Fsp3) is 0.471. The Morgan fingerprint density at radius 2 is 1.92 bits per heavy atom. The summed E-state index contributed by atoms with van der Waals surface area (Å²) in [5, 5.41) is -0.113. The summed E-state index contributed by atoms with van der Waals surface area (Å²) in [4.78, 5) is 38.3. The van der Waals surface area contributed by atoms with Crippen molar-refractivity contribution in [2.45, 2.75) is 25.8 Å². The molecule has 0 radical (unpaired) electrons. The largest absolute Gasteiger partial charge is 0.330 e. The molecule has 2 amide bonds. The van der Waals surface area contributed by atoms with Crippen LogP contribution in [-0.2, 0) is 19.6 Å². The van der Waals surface area contributed by atoms with Gasteiger partial charge < -0.3 is 4.90 Å². The Kier molecular flexibility index (Phi) is 6.82. The van der Waals surface area contributed by atoms with Crippen LogP contribution >= 0.6 is 11.8 Å². The van der Waals surface area contributed by atoms with Crippen LogP contribution < -0.4 is 4.72 Å². The highest BCUT2D eigenvalue weighted by Gasteiger charge is 2.36. The minimum atomic E-state index is -3.67. The molecule has 26 heavy (non-hydrogen) atoms. The lowest BCUT2D eigenvalue weighted by Crippen LogP contribution is -2.49. The van der Waals surface area contributed by atoms with Gasteiger partial charge in [-0.3, -0.25) is 19.1 Å². The lowest BCUT2D eigenvalue weighted by atomic mass is 10.1. The summed E-state index contributed by atoms with van der Waals surface area (Å²) in [6.45, 7) is 2.11. The van der Waals surface area contributed by atoms with Crippen molar-refractivity contribution >= 4 is 38.7 Å². The number of benzene rings is 1. The molecule has 1 heterocycles. The summed E-state index contributed by atoms with van der Waals surface area (Å²) in [6.07, 6.45) is 1.97. The molecule has 1 fully saturated rings. The van der Waals surface area contributed by atoms with Crippen LogP contribution in [0.15, 0.2) is 30.3 Å². The number of likely N-dealkylation sites (tertiary alicyclic amines) is 1. The number of hydrogen-bond donors (Lipinski definition) is 1. The number of rotatable bonds is 6. The predicted molar refractivity (Wildman–Crippen MR) is 100 cm³/mol. The van der Waals surface area contributed by atoms with Crippen LogP contribution in [0.5, 0.6) is 0 Å². The van der Waals surface area contributed by atoms with Crippen LogP contribution in [0.4, 0.5) is 0 Å². The van der Waals surface area contributed by atoms with Gasteiger partial charge >= 0.3 is 0 Å². The second-order valence-corrected chi connectivity index (χ2v) is 9.03. The van der Waals surface area contributed by atoms with Crippen molar-refractivity contribution in [3.8, 4) is 0 Å². The maximum Gasteiger partial charge on any atom is 0.256 e. The Balaban J connectivity index is 1.94. The van der Waals surface area contributed by atoms with Crippen molar-refractivity contribution in [2.75, 3.05) is 18.6 Å². The van der Waals surface area contributed by atoms with Gasteiger partial charge in [0.25, 0.3) is 5.91 Å². The Morgan fingerprint density at radius 3 is 2.54 bits per heavy atom. The van der Waals surface area contributed by atoms with Crippen molar-refractivity contribution < 1.29 is 22.8 Å². The Hall–Kier alpha value is -1.87.